The first-order valence-electron chi connectivity index (χ1n) is 5.52. The van der Waals surface area contributed by atoms with Crippen molar-refractivity contribution in [1.29, 1.82) is 0 Å². The molecular weight excluding hydrogens is 182 g/mol. The fourth-order valence-electron chi connectivity index (χ4n) is 2.74. The van der Waals surface area contributed by atoms with Gasteiger partial charge in [0.25, 0.3) is 0 Å². The second kappa shape index (κ2) is 3.01. The van der Waals surface area contributed by atoms with Crippen molar-refractivity contribution in [3.8, 4) is 0 Å². The van der Waals surface area contributed by atoms with Crippen molar-refractivity contribution in [2.45, 2.75) is 33.1 Å². The molecule has 0 spiro atoms. The number of nitrogens with zero attached hydrogens (tertiary/aromatic N) is 1. The van der Waals surface area contributed by atoms with Crippen LogP contribution in [0.5, 0.6) is 0 Å². The van der Waals surface area contributed by atoms with E-state index >= 15 is 0 Å². The number of rotatable bonds is 0. The van der Waals surface area contributed by atoms with Crippen LogP contribution in [0.15, 0.2) is 6.07 Å². The monoisotopic (exact) mass is 202 g/mol. The molecule has 0 aliphatic carbocycles. The number of anilines is 1. The molecular formula is C14H20N. The summed E-state index contributed by atoms with van der Waals surface area (Å²) in [5, 5.41) is 0. The Morgan fingerprint density at radius 3 is 2.47 bits per heavy atom. The average Bonchev–Trinajstić information content (AvgIpc) is 2.33. The summed E-state index contributed by atoms with van der Waals surface area (Å²) in [5.74, 6) is 0. The lowest BCUT2D eigenvalue weighted by Gasteiger charge is -2.19. The van der Waals surface area contributed by atoms with Crippen LogP contribution in [0, 0.1) is 20.8 Å². The minimum atomic E-state index is 0.259. The molecule has 0 amide bonds. The van der Waals surface area contributed by atoms with Gasteiger partial charge in [-0.3, -0.25) is 0 Å². The van der Waals surface area contributed by atoms with E-state index in [1.54, 1.807) is 0 Å². The average molecular weight is 202 g/mol. The number of fused-ring (bicyclic) bond motifs is 1. The van der Waals surface area contributed by atoms with Crippen LogP contribution in [0.4, 0.5) is 5.69 Å². The van der Waals surface area contributed by atoms with E-state index in [1.165, 1.54) is 27.9 Å². The molecule has 1 aromatic carbocycles. The van der Waals surface area contributed by atoms with E-state index in [1.807, 2.05) is 0 Å². The normalized spacial score (nSPS) is 18.1. The van der Waals surface area contributed by atoms with E-state index in [0.29, 0.717) is 0 Å². The summed E-state index contributed by atoms with van der Waals surface area (Å²) in [7, 11) is 2.18. The van der Waals surface area contributed by atoms with Gasteiger partial charge in [-0.15, -0.1) is 0 Å². The highest BCUT2D eigenvalue weighted by Crippen LogP contribution is 2.43. The van der Waals surface area contributed by atoms with E-state index in [9.17, 15) is 0 Å². The van der Waals surface area contributed by atoms with Crippen molar-refractivity contribution in [3.63, 3.8) is 0 Å². The topological polar surface area (TPSA) is 3.24 Å². The fourth-order valence-corrected chi connectivity index (χ4v) is 2.74. The van der Waals surface area contributed by atoms with Crippen molar-refractivity contribution >= 4 is 5.69 Å². The smallest absolute Gasteiger partial charge is 0.0435 e. The zero-order valence-corrected chi connectivity index (χ0v) is 10.4. The third-order valence-corrected chi connectivity index (χ3v) is 3.72. The highest BCUT2D eigenvalue weighted by Gasteiger charge is 2.34. The summed E-state index contributed by atoms with van der Waals surface area (Å²) in [4.78, 5) is 2.37. The Morgan fingerprint density at radius 2 is 1.87 bits per heavy atom. The molecule has 0 aromatic heterocycles. The number of likely N-dealkylation sites (N-methyl/N-ethyl adjacent to an activating group) is 1. The number of benzene rings is 1. The summed E-state index contributed by atoms with van der Waals surface area (Å²) in [5.41, 5.74) is 7.04. The van der Waals surface area contributed by atoms with Gasteiger partial charge in [0.1, 0.15) is 0 Å². The molecule has 0 N–H and O–H groups in total. The van der Waals surface area contributed by atoms with Crippen molar-refractivity contribution < 1.29 is 0 Å². The van der Waals surface area contributed by atoms with Crippen LogP contribution in [0.25, 0.3) is 0 Å². The third-order valence-electron chi connectivity index (χ3n) is 3.72. The van der Waals surface area contributed by atoms with Gasteiger partial charge in [-0.05, 0) is 43.0 Å². The van der Waals surface area contributed by atoms with E-state index < -0.39 is 0 Å². The second-order valence-corrected chi connectivity index (χ2v) is 5.42. The van der Waals surface area contributed by atoms with E-state index in [2.05, 4.69) is 52.6 Å². The van der Waals surface area contributed by atoms with E-state index in [4.69, 9.17) is 0 Å². The van der Waals surface area contributed by atoms with Crippen molar-refractivity contribution in [3.05, 3.63) is 35.2 Å². The molecule has 1 aliphatic rings. The minimum absolute atomic E-state index is 0.259. The maximum Gasteiger partial charge on any atom is 0.0435 e. The molecule has 0 bridgehead atoms. The van der Waals surface area contributed by atoms with Gasteiger partial charge >= 0.3 is 0 Å². The first-order valence-corrected chi connectivity index (χ1v) is 5.52. The lowest BCUT2D eigenvalue weighted by atomic mass is 9.84. The molecule has 0 unspecified atom stereocenters. The molecule has 0 saturated carbocycles. The van der Waals surface area contributed by atoms with Gasteiger partial charge in [-0.25, -0.2) is 0 Å². The molecule has 1 nitrogen and oxygen atoms in total. The van der Waals surface area contributed by atoms with Crippen molar-refractivity contribution in [1.82, 2.24) is 0 Å². The van der Waals surface area contributed by atoms with Crippen molar-refractivity contribution in [2.24, 2.45) is 0 Å². The Morgan fingerprint density at radius 1 is 1.27 bits per heavy atom. The molecule has 81 valence electrons. The van der Waals surface area contributed by atoms with Gasteiger partial charge in [0, 0.05) is 24.7 Å². The zero-order chi connectivity index (χ0) is 11.4. The van der Waals surface area contributed by atoms with Crippen molar-refractivity contribution in [2.75, 3.05) is 18.5 Å². The predicted molar refractivity (Wildman–Crippen MR) is 66.7 cm³/mol. The molecule has 1 radical (unpaired) electrons. The molecule has 2 rings (SSSR count). The molecule has 1 heterocycles. The SMILES string of the molecule is [CH2]c1cc2c(c(C)c1C)N(C)CC2(C)C. The predicted octanol–water partition coefficient (Wildman–Crippen LogP) is 3.21. The number of hydrogen-bond acceptors (Lipinski definition) is 1. The van der Waals surface area contributed by atoms with Crippen LogP contribution >= 0.6 is 0 Å². The van der Waals surface area contributed by atoms with Gasteiger partial charge in [0.15, 0.2) is 0 Å². The lowest BCUT2D eigenvalue weighted by molar-refractivity contribution is 0.563. The largest absolute Gasteiger partial charge is 0.373 e. The van der Waals surface area contributed by atoms with Gasteiger partial charge < -0.3 is 4.90 Å². The first kappa shape index (κ1) is 10.5. The summed E-state index contributed by atoms with van der Waals surface area (Å²) in [6, 6.07) is 2.27. The molecule has 1 heteroatoms. The van der Waals surface area contributed by atoms with Crippen LogP contribution in [0.2, 0.25) is 0 Å². The zero-order valence-electron chi connectivity index (χ0n) is 10.4. The molecule has 15 heavy (non-hydrogen) atoms. The van der Waals surface area contributed by atoms with Gasteiger partial charge in [0.05, 0.1) is 0 Å². The van der Waals surface area contributed by atoms with Crippen LogP contribution in [-0.4, -0.2) is 13.6 Å². The molecule has 1 aromatic rings. The van der Waals surface area contributed by atoms with Crippen LogP contribution in [-0.2, 0) is 5.41 Å². The van der Waals surface area contributed by atoms with E-state index in [0.717, 1.165) is 6.54 Å². The third kappa shape index (κ3) is 1.37. The van der Waals surface area contributed by atoms with Gasteiger partial charge in [-0.2, -0.15) is 0 Å². The Balaban J connectivity index is 2.75. The highest BCUT2D eigenvalue weighted by molar-refractivity contribution is 5.69. The molecule has 0 fully saturated rings. The Bertz CT molecular complexity index is 416. The standard InChI is InChI=1S/C14H20N/c1-9-7-12-13(11(3)10(9)2)15(6)8-14(12,4)5/h7H,1,8H2,2-6H3. The fraction of sp³-hybridized carbons (Fsp3) is 0.500. The van der Waals surface area contributed by atoms with Crippen LogP contribution in [0.1, 0.15) is 36.1 Å². The van der Waals surface area contributed by atoms with Crippen LogP contribution in [0.3, 0.4) is 0 Å². The number of hydrogen-bond donors (Lipinski definition) is 0. The van der Waals surface area contributed by atoms with E-state index in [-0.39, 0.29) is 5.41 Å². The Kier molecular flexibility index (Phi) is 2.11. The molecule has 0 atom stereocenters. The summed E-state index contributed by atoms with van der Waals surface area (Å²) < 4.78 is 0. The maximum atomic E-state index is 4.13. The minimum Gasteiger partial charge on any atom is -0.373 e. The Labute approximate surface area is 93.1 Å². The maximum absolute atomic E-state index is 4.13. The lowest BCUT2D eigenvalue weighted by Crippen LogP contribution is -2.25. The van der Waals surface area contributed by atoms with Gasteiger partial charge in [0.2, 0.25) is 0 Å². The van der Waals surface area contributed by atoms with Crippen LogP contribution < -0.4 is 4.90 Å². The summed E-state index contributed by atoms with van der Waals surface area (Å²) in [6.07, 6.45) is 0. The summed E-state index contributed by atoms with van der Waals surface area (Å²) in [6.45, 7) is 14.2. The Hall–Kier alpha value is -0.980. The van der Waals surface area contributed by atoms with Gasteiger partial charge in [-0.1, -0.05) is 19.9 Å². The second-order valence-electron chi connectivity index (χ2n) is 5.42. The molecule has 1 aliphatic heterocycles. The summed E-state index contributed by atoms with van der Waals surface area (Å²) >= 11 is 0. The molecule has 0 saturated heterocycles. The first-order chi connectivity index (χ1) is 6.84. The highest BCUT2D eigenvalue weighted by atomic mass is 15.1. The quantitative estimate of drug-likeness (QED) is 0.624.